The second-order valence-corrected chi connectivity index (χ2v) is 4.38. The summed E-state index contributed by atoms with van der Waals surface area (Å²) in [6.45, 7) is 8.82. The molecule has 4 heteroatoms. The Morgan fingerprint density at radius 1 is 1.35 bits per heavy atom. The standard InChI is InChI=1S/C13H20ClFN2/c1-3-16-7-8-17(4-2)10-11-5-6-12(14)13(15)9-11/h5-6,9,16H,3-4,7-8,10H2,1-2H3. The van der Waals surface area contributed by atoms with Crippen LogP contribution in [-0.4, -0.2) is 31.1 Å². The average Bonchev–Trinajstić information content (AvgIpc) is 2.32. The molecule has 0 bridgehead atoms. The predicted molar refractivity (Wildman–Crippen MR) is 70.9 cm³/mol. The fourth-order valence-electron chi connectivity index (χ4n) is 1.66. The van der Waals surface area contributed by atoms with Crippen molar-refractivity contribution in [3.63, 3.8) is 0 Å². The van der Waals surface area contributed by atoms with Gasteiger partial charge in [-0.15, -0.1) is 0 Å². The Hall–Kier alpha value is -0.640. The van der Waals surface area contributed by atoms with E-state index < -0.39 is 0 Å². The lowest BCUT2D eigenvalue weighted by molar-refractivity contribution is 0.279. The SMILES string of the molecule is CCNCCN(CC)Cc1ccc(Cl)c(F)c1. The number of hydrogen-bond acceptors (Lipinski definition) is 2. The summed E-state index contributed by atoms with van der Waals surface area (Å²) in [5, 5.41) is 3.47. The van der Waals surface area contributed by atoms with Crippen LogP contribution in [0.3, 0.4) is 0 Å². The molecular formula is C13H20ClFN2. The number of likely N-dealkylation sites (N-methyl/N-ethyl adjacent to an activating group) is 2. The molecule has 2 nitrogen and oxygen atoms in total. The molecule has 0 saturated carbocycles. The van der Waals surface area contributed by atoms with E-state index in [0.29, 0.717) is 0 Å². The fourth-order valence-corrected chi connectivity index (χ4v) is 1.78. The van der Waals surface area contributed by atoms with Crippen molar-refractivity contribution in [3.05, 3.63) is 34.6 Å². The molecule has 0 aliphatic rings. The zero-order chi connectivity index (χ0) is 12.7. The van der Waals surface area contributed by atoms with Crippen LogP contribution < -0.4 is 5.32 Å². The Morgan fingerprint density at radius 3 is 2.71 bits per heavy atom. The van der Waals surface area contributed by atoms with Crippen molar-refractivity contribution < 1.29 is 4.39 Å². The van der Waals surface area contributed by atoms with Crippen LogP contribution in [0.2, 0.25) is 5.02 Å². The zero-order valence-electron chi connectivity index (χ0n) is 10.5. The van der Waals surface area contributed by atoms with Crippen LogP contribution in [0.15, 0.2) is 18.2 Å². The maximum atomic E-state index is 13.3. The molecule has 17 heavy (non-hydrogen) atoms. The van der Waals surface area contributed by atoms with Crippen molar-refractivity contribution in [2.75, 3.05) is 26.2 Å². The molecule has 0 spiro atoms. The van der Waals surface area contributed by atoms with Crippen LogP contribution >= 0.6 is 11.6 Å². The van der Waals surface area contributed by atoms with Gasteiger partial charge in [-0.05, 0) is 30.8 Å². The summed E-state index contributed by atoms with van der Waals surface area (Å²) in [7, 11) is 0. The highest BCUT2D eigenvalue weighted by Crippen LogP contribution is 2.16. The summed E-state index contributed by atoms with van der Waals surface area (Å²) < 4.78 is 13.3. The van der Waals surface area contributed by atoms with Crippen LogP contribution in [0.5, 0.6) is 0 Å². The van der Waals surface area contributed by atoms with Crippen LogP contribution in [0.4, 0.5) is 4.39 Å². The monoisotopic (exact) mass is 258 g/mol. The van der Waals surface area contributed by atoms with Gasteiger partial charge in [0, 0.05) is 19.6 Å². The molecule has 1 rings (SSSR count). The van der Waals surface area contributed by atoms with Gasteiger partial charge < -0.3 is 5.32 Å². The zero-order valence-corrected chi connectivity index (χ0v) is 11.2. The molecule has 0 saturated heterocycles. The normalized spacial score (nSPS) is 11.1. The van der Waals surface area contributed by atoms with E-state index in [4.69, 9.17) is 11.6 Å². The minimum Gasteiger partial charge on any atom is -0.316 e. The van der Waals surface area contributed by atoms with Gasteiger partial charge in [0.25, 0.3) is 0 Å². The van der Waals surface area contributed by atoms with Gasteiger partial charge >= 0.3 is 0 Å². The Kier molecular flexibility index (Phi) is 6.48. The molecule has 96 valence electrons. The van der Waals surface area contributed by atoms with Crippen molar-refractivity contribution in [2.24, 2.45) is 0 Å². The van der Waals surface area contributed by atoms with Crippen molar-refractivity contribution in [1.82, 2.24) is 10.2 Å². The minimum atomic E-state index is -0.341. The first-order valence-corrected chi connectivity index (χ1v) is 6.42. The Balaban J connectivity index is 2.51. The van der Waals surface area contributed by atoms with Crippen LogP contribution in [0.25, 0.3) is 0 Å². The number of nitrogens with zero attached hydrogens (tertiary/aromatic N) is 1. The second-order valence-electron chi connectivity index (χ2n) is 3.97. The first-order chi connectivity index (χ1) is 8.17. The molecule has 0 aliphatic carbocycles. The van der Waals surface area contributed by atoms with E-state index in [1.165, 1.54) is 6.07 Å². The quantitative estimate of drug-likeness (QED) is 0.757. The summed E-state index contributed by atoms with van der Waals surface area (Å²) >= 11 is 5.65. The number of halogens is 2. The molecule has 0 radical (unpaired) electrons. The van der Waals surface area contributed by atoms with E-state index >= 15 is 0 Å². The summed E-state index contributed by atoms with van der Waals surface area (Å²) in [6, 6.07) is 5.00. The Bertz CT molecular complexity index is 344. The van der Waals surface area contributed by atoms with Crippen molar-refractivity contribution in [1.29, 1.82) is 0 Å². The maximum Gasteiger partial charge on any atom is 0.142 e. The van der Waals surface area contributed by atoms with Crippen molar-refractivity contribution in [2.45, 2.75) is 20.4 Å². The smallest absolute Gasteiger partial charge is 0.142 e. The van der Waals surface area contributed by atoms with Crippen LogP contribution in [0.1, 0.15) is 19.4 Å². The topological polar surface area (TPSA) is 15.3 Å². The fraction of sp³-hybridized carbons (Fsp3) is 0.538. The molecule has 0 aliphatic heterocycles. The molecule has 0 aromatic heterocycles. The second kappa shape index (κ2) is 7.64. The summed E-state index contributed by atoms with van der Waals surface area (Å²) in [6.07, 6.45) is 0. The Morgan fingerprint density at radius 2 is 2.12 bits per heavy atom. The summed E-state index contributed by atoms with van der Waals surface area (Å²) in [5.74, 6) is -0.341. The first-order valence-electron chi connectivity index (χ1n) is 6.04. The van der Waals surface area contributed by atoms with E-state index in [2.05, 4.69) is 24.1 Å². The molecule has 0 amide bonds. The van der Waals surface area contributed by atoms with Crippen molar-refractivity contribution in [3.8, 4) is 0 Å². The predicted octanol–water partition coefficient (Wildman–Crippen LogP) is 2.91. The largest absolute Gasteiger partial charge is 0.316 e. The van der Waals surface area contributed by atoms with Gasteiger partial charge in [0.2, 0.25) is 0 Å². The molecule has 1 N–H and O–H groups in total. The lowest BCUT2D eigenvalue weighted by Gasteiger charge is -2.20. The van der Waals surface area contributed by atoms with Gasteiger partial charge in [0.1, 0.15) is 5.82 Å². The first kappa shape index (κ1) is 14.4. The highest BCUT2D eigenvalue weighted by atomic mass is 35.5. The van der Waals surface area contributed by atoms with Crippen LogP contribution in [0, 0.1) is 5.82 Å². The third kappa shape index (κ3) is 5.02. The third-order valence-corrected chi connectivity index (χ3v) is 3.00. The Labute approximate surface area is 108 Å². The van der Waals surface area contributed by atoms with Gasteiger partial charge in [-0.25, -0.2) is 4.39 Å². The van der Waals surface area contributed by atoms with Crippen LogP contribution in [-0.2, 0) is 6.54 Å². The number of benzene rings is 1. The van der Waals surface area contributed by atoms with E-state index in [0.717, 1.165) is 38.3 Å². The van der Waals surface area contributed by atoms with E-state index in [1.807, 2.05) is 6.07 Å². The molecule has 0 heterocycles. The van der Waals surface area contributed by atoms with Gasteiger partial charge in [-0.3, -0.25) is 4.90 Å². The lowest BCUT2D eigenvalue weighted by Crippen LogP contribution is -2.31. The molecular weight excluding hydrogens is 239 g/mol. The minimum absolute atomic E-state index is 0.185. The molecule has 1 aromatic rings. The van der Waals surface area contributed by atoms with E-state index in [1.54, 1.807) is 6.07 Å². The third-order valence-electron chi connectivity index (χ3n) is 2.69. The molecule has 1 aromatic carbocycles. The molecule has 0 fully saturated rings. The highest BCUT2D eigenvalue weighted by Gasteiger charge is 2.05. The van der Waals surface area contributed by atoms with Gasteiger partial charge in [0.15, 0.2) is 0 Å². The average molecular weight is 259 g/mol. The van der Waals surface area contributed by atoms with E-state index in [9.17, 15) is 4.39 Å². The lowest BCUT2D eigenvalue weighted by atomic mass is 10.2. The van der Waals surface area contributed by atoms with Crippen molar-refractivity contribution >= 4 is 11.6 Å². The van der Waals surface area contributed by atoms with Gasteiger partial charge in [0.05, 0.1) is 5.02 Å². The highest BCUT2D eigenvalue weighted by molar-refractivity contribution is 6.30. The van der Waals surface area contributed by atoms with E-state index in [-0.39, 0.29) is 10.8 Å². The summed E-state index contributed by atoms with van der Waals surface area (Å²) in [4.78, 5) is 2.27. The summed E-state index contributed by atoms with van der Waals surface area (Å²) in [5.41, 5.74) is 0.963. The van der Waals surface area contributed by atoms with Gasteiger partial charge in [-0.2, -0.15) is 0 Å². The molecule has 0 unspecified atom stereocenters. The molecule has 0 atom stereocenters. The number of hydrogen-bond donors (Lipinski definition) is 1. The van der Waals surface area contributed by atoms with Gasteiger partial charge in [-0.1, -0.05) is 31.5 Å². The number of rotatable bonds is 7. The number of nitrogens with one attached hydrogen (secondary N) is 1. The maximum absolute atomic E-state index is 13.3.